The summed E-state index contributed by atoms with van der Waals surface area (Å²) in [6.07, 6.45) is 5.21. The van der Waals surface area contributed by atoms with Crippen molar-refractivity contribution in [2.24, 2.45) is 11.8 Å². The predicted molar refractivity (Wildman–Crippen MR) is 105 cm³/mol. The van der Waals surface area contributed by atoms with E-state index in [1.807, 2.05) is 0 Å². The Hall–Kier alpha value is -2.27. The average Bonchev–Trinajstić information content (AvgIpc) is 3.38. The third-order valence-electron chi connectivity index (χ3n) is 6.70. The summed E-state index contributed by atoms with van der Waals surface area (Å²) >= 11 is 0. The molecule has 0 aliphatic carbocycles. The summed E-state index contributed by atoms with van der Waals surface area (Å²) in [5.74, 6) is 1.81. The van der Waals surface area contributed by atoms with Crippen molar-refractivity contribution in [3.63, 3.8) is 0 Å². The molecule has 0 spiro atoms. The lowest BCUT2D eigenvalue weighted by molar-refractivity contribution is 0.00485. The van der Waals surface area contributed by atoms with Crippen LogP contribution in [0, 0.1) is 11.8 Å². The molecule has 1 aromatic carbocycles. The van der Waals surface area contributed by atoms with Crippen molar-refractivity contribution in [2.45, 2.75) is 25.3 Å². The summed E-state index contributed by atoms with van der Waals surface area (Å²) in [6, 6.07) is 12.8. The lowest BCUT2D eigenvalue weighted by Gasteiger charge is -2.50. The highest BCUT2D eigenvalue weighted by Gasteiger charge is 2.41. The molecule has 1 amide bonds. The van der Waals surface area contributed by atoms with Gasteiger partial charge in [-0.15, -0.1) is 0 Å². The highest BCUT2D eigenvalue weighted by molar-refractivity contribution is 5.91. The van der Waals surface area contributed by atoms with Crippen LogP contribution in [0.15, 0.2) is 47.1 Å². The number of nitrogens with zero attached hydrogens (tertiary/aromatic N) is 2. The van der Waals surface area contributed by atoms with Gasteiger partial charge >= 0.3 is 0 Å². The molecule has 27 heavy (non-hydrogen) atoms. The topological polar surface area (TPSA) is 48.7 Å². The summed E-state index contributed by atoms with van der Waals surface area (Å²) in [7, 11) is 0. The van der Waals surface area contributed by atoms with Crippen molar-refractivity contribution in [1.82, 2.24) is 10.2 Å². The third kappa shape index (κ3) is 3.25. The minimum absolute atomic E-state index is 0.104. The van der Waals surface area contributed by atoms with Crippen molar-refractivity contribution in [3.8, 4) is 0 Å². The van der Waals surface area contributed by atoms with Gasteiger partial charge in [-0.3, -0.25) is 9.69 Å². The van der Waals surface area contributed by atoms with E-state index in [1.54, 1.807) is 18.4 Å². The van der Waals surface area contributed by atoms with Crippen LogP contribution in [0.25, 0.3) is 0 Å². The van der Waals surface area contributed by atoms with Gasteiger partial charge in [0.05, 0.1) is 6.26 Å². The Bertz CT molecular complexity index is 804. The first-order chi connectivity index (χ1) is 13.3. The van der Waals surface area contributed by atoms with Crippen LogP contribution < -0.4 is 10.2 Å². The molecule has 1 aromatic heterocycles. The predicted octanol–water partition coefficient (Wildman–Crippen LogP) is 2.78. The number of para-hydroxylation sites is 1. The van der Waals surface area contributed by atoms with E-state index in [-0.39, 0.29) is 5.91 Å². The van der Waals surface area contributed by atoms with E-state index in [2.05, 4.69) is 39.4 Å². The van der Waals surface area contributed by atoms with Gasteiger partial charge in [0.2, 0.25) is 0 Å². The Labute approximate surface area is 160 Å². The molecule has 1 unspecified atom stereocenters. The van der Waals surface area contributed by atoms with Crippen molar-refractivity contribution in [2.75, 3.05) is 37.6 Å². The number of amides is 1. The molecule has 2 aromatic rings. The zero-order valence-corrected chi connectivity index (χ0v) is 15.6. The normalized spacial score (nSPS) is 29.0. The highest BCUT2D eigenvalue weighted by Crippen LogP contribution is 2.38. The van der Waals surface area contributed by atoms with Gasteiger partial charge in [0.15, 0.2) is 5.76 Å². The molecule has 3 saturated heterocycles. The first kappa shape index (κ1) is 16.9. The minimum Gasteiger partial charge on any atom is -0.459 e. The van der Waals surface area contributed by atoms with Crippen LogP contribution in [0.5, 0.6) is 0 Å². The maximum atomic E-state index is 12.1. The van der Waals surface area contributed by atoms with E-state index < -0.39 is 0 Å². The molecule has 5 nitrogen and oxygen atoms in total. The molecule has 0 saturated carbocycles. The fraction of sp³-hybridized carbons (Fsp3) is 0.500. The molecule has 4 aliphatic rings. The van der Waals surface area contributed by atoms with Gasteiger partial charge in [0.1, 0.15) is 0 Å². The number of carbonyl (C=O) groups is 1. The Morgan fingerprint density at radius 3 is 2.93 bits per heavy atom. The SMILES string of the molecule is O=C(NC[C@H]1C[C@@H]2CCN1C[C@@H]2CN1CCc2ccccc21)c1ccco1. The molecular formula is C22H27N3O2. The van der Waals surface area contributed by atoms with Crippen LogP contribution in [-0.2, 0) is 6.42 Å². The maximum absolute atomic E-state index is 12.1. The molecule has 2 bridgehead atoms. The number of furan rings is 1. The Morgan fingerprint density at radius 1 is 1.19 bits per heavy atom. The number of hydrogen-bond acceptors (Lipinski definition) is 4. The van der Waals surface area contributed by atoms with Crippen LogP contribution in [0.2, 0.25) is 0 Å². The molecule has 5 heteroatoms. The number of anilines is 1. The number of fused-ring (bicyclic) bond motifs is 4. The molecule has 1 N–H and O–H groups in total. The number of hydrogen-bond donors (Lipinski definition) is 1. The van der Waals surface area contributed by atoms with E-state index >= 15 is 0 Å². The number of nitrogens with one attached hydrogen (secondary N) is 1. The lowest BCUT2D eigenvalue weighted by Crippen LogP contribution is -2.58. The first-order valence-electron chi connectivity index (χ1n) is 10.2. The molecule has 4 aliphatic heterocycles. The van der Waals surface area contributed by atoms with Crippen LogP contribution >= 0.6 is 0 Å². The average molecular weight is 365 g/mol. The second kappa shape index (κ2) is 7.04. The van der Waals surface area contributed by atoms with Gasteiger partial charge in [-0.05, 0) is 61.4 Å². The monoisotopic (exact) mass is 365 g/mol. The third-order valence-corrected chi connectivity index (χ3v) is 6.70. The lowest BCUT2D eigenvalue weighted by atomic mass is 9.75. The van der Waals surface area contributed by atoms with Crippen LogP contribution in [-0.4, -0.2) is 49.6 Å². The zero-order chi connectivity index (χ0) is 18.2. The van der Waals surface area contributed by atoms with E-state index in [9.17, 15) is 4.79 Å². The van der Waals surface area contributed by atoms with Gasteiger partial charge in [0, 0.05) is 37.9 Å². The fourth-order valence-electron chi connectivity index (χ4n) is 5.25. The largest absolute Gasteiger partial charge is 0.459 e. The molecule has 3 fully saturated rings. The number of piperidine rings is 3. The smallest absolute Gasteiger partial charge is 0.287 e. The van der Waals surface area contributed by atoms with E-state index in [1.165, 1.54) is 43.6 Å². The van der Waals surface area contributed by atoms with E-state index in [0.717, 1.165) is 31.5 Å². The Morgan fingerprint density at radius 2 is 2.11 bits per heavy atom. The fourth-order valence-corrected chi connectivity index (χ4v) is 5.25. The van der Waals surface area contributed by atoms with Gasteiger partial charge in [0.25, 0.3) is 5.91 Å². The summed E-state index contributed by atoms with van der Waals surface area (Å²) < 4.78 is 5.19. The van der Waals surface area contributed by atoms with E-state index in [4.69, 9.17) is 4.42 Å². The minimum atomic E-state index is -0.104. The number of benzene rings is 1. The Kier molecular flexibility index (Phi) is 4.40. The first-order valence-corrected chi connectivity index (χ1v) is 10.2. The quantitative estimate of drug-likeness (QED) is 0.885. The van der Waals surface area contributed by atoms with Crippen molar-refractivity contribution < 1.29 is 9.21 Å². The highest BCUT2D eigenvalue weighted by atomic mass is 16.3. The second-order valence-corrected chi connectivity index (χ2v) is 8.21. The standard InChI is InChI=1S/C22H27N3O2/c26-22(21-6-3-11-27-21)23-13-19-12-17-8-9-24(19)14-18(17)15-25-10-7-16-4-1-2-5-20(16)25/h1-6,11,17-19H,7-10,12-15H2,(H,23,26)/t17-,18+,19+/m0/s1. The number of carbonyl (C=O) groups excluding carboxylic acids is 1. The molecule has 6 rings (SSSR count). The maximum Gasteiger partial charge on any atom is 0.287 e. The summed E-state index contributed by atoms with van der Waals surface area (Å²) in [4.78, 5) is 17.3. The second-order valence-electron chi connectivity index (χ2n) is 8.21. The van der Waals surface area contributed by atoms with Crippen LogP contribution in [0.4, 0.5) is 5.69 Å². The van der Waals surface area contributed by atoms with Gasteiger partial charge in [-0.25, -0.2) is 0 Å². The van der Waals surface area contributed by atoms with Crippen LogP contribution in [0.1, 0.15) is 29.0 Å². The molecule has 142 valence electrons. The molecule has 0 radical (unpaired) electrons. The van der Waals surface area contributed by atoms with Gasteiger partial charge in [-0.1, -0.05) is 18.2 Å². The molecular weight excluding hydrogens is 338 g/mol. The van der Waals surface area contributed by atoms with Gasteiger partial charge in [-0.2, -0.15) is 0 Å². The van der Waals surface area contributed by atoms with Crippen molar-refractivity contribution in [3.05, 3.63) is 54.0 Å². The zero-order valence-electron chi connectivity index (χ0n) is 15.6. The molecule has 5 heterocycles. The Balaban J connectivity index is 1.18. The van der Waals surface area contributed by atoms with Crippen LogP contribution in [0.3, 0.4) is 0 Å². The van der Waals surface area contributed by atoms with Crippen molar-refractivity contribution in [1.29, 1.82) is 0 Å². The number of rotatable bonds is 5. The van der Waals surface area contributed by atoms with Gasteiger partial charge < -0.3 is 14.6 Å². The molecule has 4 atom stereocenters. The summed E-state index contributed by atoms with van der Waals surface area (Å²) in [5.41, 5.74) is 2.94. The summed E-state index contributed by atoms with van der Waals surface area (Å²) in [5, 5.41) is 3.06. The summed E-state index contributed by atoms with van der Waals surface area (Å²) in [6.45, 7) is 5.37. The van der Waals surface area contributed by atoms with Crippen molar-refractivity contribution >= 4 is 11.6 Å². The van der Waals surface area contributed by atoms with E-state index in [0.29, 0.717) is 11.8 Å².